The first-order chi connectivity index (χ1) is 9.34. The smallest absolute Gasteiger partial charge is 0.0175 e. The van der Waals surface area contributed by atoms with Gasteiger partial charge in [-0.15, -0.1) is 0 Å². The van der Waals surface area contributed by atoms with Crippen molar-refractivity contribution in [3.63, 3.8) is 0 Å². The molecule has 92 valence electrons. The minimum Gasteiger partial charge on any atom is -0.0616 e. The number of rotatable bonds is 0. The Balaban J connectivity index is 2.58. The highest BCUT2D eigenvalue weighted by Gasteiger charge is 1.94. The van der Waals surface area contributed by atoms with E-state index in [4.69, 9.17) is 0 Å². The van der Waals surface area contributed by atoms with Gasteiger partial charge in [0.15, 0.2) is 0 Å². The summed E-state index contributed by atoms with van der Waals surface area (Å²) in [6, 6.07) is 27.5. The summed E-state index contributed by atoms with van der Waals surface area (Å²) in [5.41, 5.74) is 0. The second kappa shape index (κ2) is 5.41. The van der Waals surface area contributed by atoms with Gasteiger partial charge in [0.1, 0.15) is 0 Å². The molecule has 0 saturated carbocycles. The molecule has 0 unspecified atom stereocenters. The van der Waals surface area contributed by atoms with Crippen LogP contribution in [0.25, 0.3) is 21.5 Å². The summed E-state index contributed by atoms with van der Waals surface area (Å²) >= 11 is 3.55. The second-order valence-corrected chi connectivity index (χ2v) is 5.33. The Labute approximate surface area is 121 Å². The van der Waals surface area contributed by atoms with Crippen LogP contribution in [0, 0.1) is 0 Å². The molecule has 0 nitrogen and oxygen atoms in total. The van der Waals surface area contributed by atoms with Crippen molar-refractivity contribution in [3.8, 4) is 0 Å². The SMILES string of the molecule is Brc1cccc2ccccc2c2ccccc2cc1. The molecule has 0 saturated heterocycles. The van der Waals surface area contributed by atoms with E-state index in [9.17, 15) is 0 Å². The summed E-state index contributed by atoms with van der Waals surface area (Å²) < 4.78 is 1.07. The number of fused-ring (bicyclic) bond motifs is 3. The zero-order chi connectivity index (χ0) is 13.1. The Hall–Kier alpha value is -1.86. The van der Waals surface area contributed by atoms with Gasteiger partial charge in [0, 0.05) is 4.47 Å². The lowest BCUT2D eigenvalue weighted by atomic mass is 10.1. The first-order valence-corrected chi connectivity index (χ1v) is 7.04. The van der Waals surface area contributed by atoms with E-state index in [1.807, 2.05) is 0 Å². The number of halogens is 1. The molecule has 0 fully saturated rings. The van der Waals surface area contributed by atoms with Crippen LogP contribution in [0.1, 0.15) is 0 Å². The van der Waals surface area contributed by atoms with Gasteiger partial charge >= 0.3 is 0 Å². The van der Waals surface area contributed by atoms with Crippen LogP contribution in [0.5, 0.6) is 0 Å². The van der Waals surface area contributed by atoms with Crippen LogP contribution in [-0.2, 0) is 0 Å². The lowest BCUT2D eigenvalue weighted by molar-refractivity contribution is 1.71. The second-order valence-electron chi connectivity index (χ2n) is 4.42. The standard InChI is InChI=1S/C18H13Br/c19-16-9-5-8-14-6-1-3-10-17(14)18-11-4-2-7-15(18)12-13-16/h1-13H. The van der Waals surface area contributed by atoms with Crippen LogP contribution >= 0.6 is 15.9 Å². The van der Waals surface area contributed by atoms with E-state index in [1.165, 1.54) is 21.5 Å². The fourth-order valence-corrected chi connectivity index (χ4v) is 2.53. The van der Waals surface area contributed by atoms with Crippen LogP contribution in [0.2, 0.25) is 0 Å². The number of hydrogen-bond donors (Lipinski definition) is 0. The fraction of sp³-hybridized carbons (Fsp3) is 0. The Morgan fingerprint density at radius 3 is 1.68 bits per heavy atom. The molecule has 0 aliphatic carbocycles. The van der Waals surface area contributed by atoms with Crippen molar-refractivity contribution in [3.05, 3.63) is 83.3 Å². The van der Waals surface area contributed by atoms with Gasteiger partial charge in [0.2, 0.25) is 0 Å². The predicted octanol–water partition coefficient (Wildman–Crippen LogP) is 5.88. The lowest BCUT2D eigenvalue weighted by Gasteiger charge is -1.99. The maximum absolute atomic E-state index is 3.55. The van der Waals surface area contributed by atoms with Crippen LogP contribution < -0.4 is 0 Å². The fourth-order valence-electron chi connectivity index (χ4n) is 2.24. The summed E-state index contributed by atoms with van der Waals surface area (Å²) in [4.78, 5) is 0. The number of hydrogen-bond acceptors (Lipinski definition) is 0. The molecule has 0 atom stereocenters. The molecular formula is C18H13Br. The normalized spacial score (nSPS) is 10.4. The van der Waals surface area contributed by atoms with E-state index in [1.54, 1.807) is 0 Å². The molecular weight excluding hydrogens is 296 g/mol. The summed E-state index contributed by atoms with van der Waals surface area (Å²) in [5.74, 6) is 0. The predicted molar refractivity (Wildman–Crippen MR) is 86.8 cm³/mol. The van der Waals surface area contributed by atoms with E-state index < -0.39 is 0 Å². The summed E-state index contributed by atoms with van der Waals surface area (Å²) in [7, 11) is 0. The van der Waals surface area contributed by atoms with Crippen LogP contribution in [-0.4, -0.2) is 0 Å². The molecule has 0 heterocycles. The van der Waals surface area contributed by atoms with Gasteiger partial charge in [0.25, 0.3) is 0 Å². The van der Waals surface area contributed by atoms with E-state index in [2.05, 4.69) is 94.8 Å². The average Bonchev–Trinajstić information content (AvgIpc) is 2.46. The monoisotopic (exact) mass is 308 g/mol. The van der Waals surface area contributed by atoms with Gasteiger partial charge in [-0.2, -0.15) is 0 Å². The average molecular weight is 309 g/mol. The molecule has 3 rings (SSSR count). The molecule has 0 N–H and O–H groups in total. The van der Waals surface area contributed by atoms with Crippen molar-refractivity contribution in [2.45, 2.75) is 0 Å². The van der Waals surface area contributed by atoms with Gasteiger partial charge in [-0.1, -0.05) is 82.7 Å². The van der Waals surface area contributed by atoms with Crippen LogP contribution in [0.3, 0.4) is 0 Å². The molecule has 0 aliphatic rings. The van der Waals surface area contributed by atoms with E-state index >= 15 is 0 Å². The molecule has 0 amide bonds. The molecule has 0 bridgehead atoms. The van der Waals surface area contributed by atoms with Crippen LogP contribution in [0.15, 0.2) is 83.3 Å². The highest BCUT2D eigenvalue weighted by atomic mass is 79.9. The minimum absolute atomic E-state index is 1.07. The quantitative estimate of drug-likeness (QED) is 0.486. The van der Waals surface area contributed by atoms with E-state index in [0.717, 1.165) is 4.47 Å². The first kappa shape index (κ1) is 12.2. The molecule has 19 heavy (non-hydrogen) atoms. The molecule has 0 spiro atoms. The van der Waals surface area contributed by atoms with Gasteiger partial charge in [-0.3, -0.25) is 0 Å². The highest BCUT2D eigenvalue weighted by molar-refractivity contribution is 9.10. The molecule has 3 aromatic carbocycles. The van der Waals surface area contributed by atoms with E-state index in [-0.39, 0.29) is 0 Å². The summed E-state index contributed by atoms with van der Waals surface area (Å²) in [6.45, 7) is 0. The third kappa shape index (κ3) is 2.61. The van der Waals surface area contributed by atoms with Crippen molar-refractivity contribution in [2.24, 2.45) is 0 Å². The molecule has 1 heteroatoms. The Kier molecular flexibility index (Phi) is 3.47. The summed E-state index contributed by atoms with van der Waals surface area (Å²) in [6.07, 6.45) is 0. The maximum atomic E-state index is 3.55. The van der Waals surface area contributed by atoms with Crippen molar-refractivity contribution >= 4 is 37.5 Å². The minimum atomic E-state index is 1.07. The third-order valence-electron chi connectivity index (χ3n) is 3.17. The van der Waals surface area contributed by atoms with Crippen molar-refractivity contribution < 1.29 is 0 Å². The summed E-state index contributed by atoms with van der Waals surface area (Å²) in [5, 5.41) is 5.00. The van der Waals surface area contributed by atoms with Crippen LogP contribution in [0.4, 0.5) is 0 Å². The Bertz CT molecular complexity index is 789. The molecule has 3 aromatic rings. The zero-order valence-electron chi connectivity index (χ0n) is 10.4. The Morgan fingerprint density at radius 1 is 0.474 bits per heavy atom. The molecule has 0 aliphatic heterocycles. The van der Waals surface area contributed by atoms with Gasteiger partial charge in [-0.25, -0.2) is 0 Å². The van der Waals surface area contributed by atoms with Crippen molar-refractivity contribution in [2.75, 3.05) is 0 Å². The van der Waals surface area contributed by atoms with Crippen molar-refractivity contribution in [1.29, 1.82) is 0 Å². The van der Waals surface area contributed by atoms with Crippen molar-refractivity contribution in [1.82, 2.24) is 0 Å². The zero-order valence-corrected chi connectivity index (χ0v) is 12.0. The first-order valence-electron chi connectivity index (χ1n) is 6.25. The third-order valence-corrected chi connectivity index (χ3v) is 3.69. The van der Waals surface area contributed by atoms with Gasteiger partial charge in [0.05, 0.1) is 0 Å². The van der Waals surface area contributed by atoms with E-state index in [0.29, 0.717) is 0 Å². The highest BCUT2D eigenvalue weighted by Crippen LogP contribution is 2.22. The topological polar surface area (TPSA) is 0 Å². The maximum Gasteiger partial charge on any atom is 0.0175 e. The number of benzene rings is 2. The van der Waals surface area contributed by atoms with Gasteiger partial charge in [-0.05, 0) is 33.7 Å². The molecule has 0 radical (unpaired) electrons. The van der Waals surface area contributed by atoms with Gasteiger partial charge < -0.3 is 0 Å². The molecule has 0 aromatic heterocycles. The lowest BCUT2D eigenvalue weighted by Crippen LogP contribution is -1.73. The Morgan fingerprint density at radius 2 is 1.00 bits per heavy atom. The largest absolute Gasteiger partial charge is 0.0616 e.